The minimum atomic E-state index is -2.14. The van der Waals surface area contributed by atoms with Crippen LogP contribution in [-0.2, 0) is 42.9 Å². The molecule has 2 saturated heterocycles. The Bertz CT molecular complexity index is 938. The summed E-state index contributed by atoms with van der Waals surface area (Å²) in [6.45, 7) is 9.30. The van der Waals surface area contributed by atoms with E-state index in [1.807, 2.05) is 6.92 Å². The number of carbonyl (C=O) groups is 4. The topological polar surface area (TPSA) is 138 Å². The van der Waals surface area contributed by atoms with Crippen molar-refractivity contribution in [3.63, 3.8) is 0 Å². The van der Waals surface area contributed by atoms with Gasteiger partial charge in [-0.3, -0.25) is 4.79 Å². The van der Waals surface area contributed by atoms with Gasteiger partial charge in [-0.1, -0.05) is 12.7 Å². The van der Waals surface area contributed by atoms with E-state index < -0.39 is 70.8 Å². The van der Waals surface area contributed by atoms with E-state index in [-0.39, 0.29) is 11.1 Å². The molecule has 34 heavy (non-hydrogen) atoms. The molecule has 0 spiro atoms. The number of ether oxygens (including phenoxy) is 5. The molecule has 0 bridgehead atoms. The molecule has 8 atom stereocenters. The van der Waals surface area contributed by atoms with Crippen molar-refractivity contribution in [1.82, 2.24) is 0 Å². The van der Waals surface area contributed by atoms with Gasteiger partial charge >= 0.3 is 23.9 Å². The first-order valence-electron chi connectivity index (χ1n) is 10.8. The number of rotatable bonds is 5. The van der Waals surface area contributed by atoms with Crippen LogP contribution in [0, 0.1) is 5.92 Å². The molecular formula is C23H29ClO10. The van der Waals surface area contributed by atoms with Gasteiger partial charge in [-0.2, -0.15) is 0 Å². The van der Waals surface area contributed by atoms with Crippen LogP contribution < -0.4 is 0 Å². The van der Waals surface area contributed by atoms with Crippen molar-refractivity contribution in [2.24, 2.45) is 5.92 Å². The first kappa shape index (κ1) is 26.2. The van der Waals surface area contributed by atoms with Crippen LogP contribution in [0.2, 0.25) is 0 Å². The Balaban J connectivity index is 2.18. The standard InChI is InChI=1S/C23H29ClO10/c1-10-14-16(33-21(28)23(5,29)11(2)24)15(31-12(3)25)13(20(27)30-6)8-7-9-22(4)18(34-22)17(14)32-19(10)26/h8,11,14-18,29H,1,7,9H2,2-6H3/b13-8+/t11-,14+,15-,16-,17-,18-,22+,23+/m0/s1. The monoisotopic (exact) mass is 500 g/mol. The third-order valence-corrected chi connectivity index (χ3v) is 7.03. The largest absolute Gasteiger partial charge is 0.466 e. The summed E-state index contributed by atoms with van der Waals surface area (Å²) in [5, 5.41) is 9.54. The summed E-state index contributed by atoms with van der Waals surface area (Å²) in [4.78, 5) is 50.3. The number of methoxy groups -OCH3 is 1. The van der Waals surface area contributed by atoms with Crippen LogP contribution in [0.3, 0.4) is 0 Å². The molecule has 0 saturated carbocycles. The normalized spacial score (nSPS) is 36.9. The lowest BCUT2D eigenvalue weighted by Gasteiger charge is -2.35. The predicted octanol–water partition coefficient (Wildman–Crippen LogP) is 1.36. The molecule has 1 N–H and O–H groups in total. The van der Waals surface area contributed by atoms with E-state index in [1.165, 1.54) is 13.0 Å². The first-order chi connectivity index (χ1) is 15.7. The second kappa shape index (κ2) is 9.31. The Morgan fingerprint density at radius 2 is 2.00 bits per heavy atom. The maximum Gasteiger partial charge on any atom is 0.339 e. The van der Waals surface area contributed by atoms with Crippen LogP contribution in [-0.4, -0.2) is 77.1 Å². The second-order valence-electron chi connectivity index (χ2n) is 9.13. The number of carbonyl (C=O) groups excluding carboxylic acids is 4. The van der Waals surface area contributed by atoms with Gasteiger partial charge in [0.25, 0.3) is 0 Å². The van der Waals surface area contributed by atoms with Crippen molar-refractivity contribution in [3.8, 4) is 0 Å². The van der Waals surface area contributed by atoms with Gasteiger partial charge in [0.1, 0.15) is 12.2 Å². The molecule has 11 heteroatoms. The Hall–Kier alpha value is -2.43. The molecule has 0 aromatic heterocycles. The summed E-state index contributed by atoms with van der Waals surface area (Å²) in [5.41, 5.74) is -2.95. The van der Waals surface area contributed by atoms with Crippen LogP contribution >= 0.6 is 11.6 Å². The number of allylic oxidation sites excluding steroid dienone is 1. The zero-order valence-corrected chi connectivity index (χ0v) is 20.4. The third-order valence-electron chi connectivity index (χ3n) is 6.61. The van der Waals surface area contributed by atoms with E-state index in [9.17, 15) is 24.3 Å². The fraction of sp³-hybridized carbons (Fsp3) is 0.652. The van der Waals surface area contributed by atoms with Gasteiger partial charge in [-0.05, 0) is 33.6 Å². The highest BCUT2D eigenvalue weighted by atomic mass is 35.5. The fourth-order valence-corrected chi connectivity index (χ4v) is 4.37. The lowest BCUT2D eigenvalue weighted by Crippen LogP contribution is -2.52. The van der Waals surface area contributed by atoms with E-state index in [4.69, 9.17) is 35.3 Å². The molecular weight excluding hydrogens is 472 g/mol. The maximum absolute atomic E-state index is 13.0. The summed E-state index contributed by atoms with van der Waals surface area (Å²) in [6.07, 6.45) is -2.12. The molecule has 0 aromatic carbocycles. The van der Waals surface area contributed by atoms with Gasteiger partial charge in [-0.15, -0.1) is 11.6 Å². The summed E-state index contributed by atoms with van der Waals surface area (Å²) >= 11 is 5.98. The van der Waals surface area contributed by atoms with E-state index in [0.717, 1.165) is 21.0 Å². The molecule has 0 aromatic rings. The zero-order chi connectivity index (χ0) is 25.6. The Labute approximate surface area is 202 Å². The number of epoxide rings is 1. The molecule has 2 aliphatic heterocycles. The van der Waals surface area contributed by atoms with Crippen molar-refractivity contribution in [1.29, 1.82) is 0 Å². The third kappa shape index (κ3) is 4.71. The van der Waals surface area contributed by atoms with E-state index in [1.54, 1.807) is 0 Å². The quantitative estimate of drug-likeness (QED) is 0.193. The Morgan fingerprint density at radius 1 is 1.35 bits per heavy atom. The molecule has 3 rings (SSSR count). The van der Waals surface area contributed by atoms with Crippen LogP contribution in [0.5, 0.6) is 0 Å². The van der Waals surface area contributed by atoms with Gasteiger partial charge in [0.2, 0.25) is 0 Å². The molecule has 188 valence electrons. The maximum atomic E-state index is 13.0. The molecule has 10 nitrogen and oxygen atoms in total. The summed E-state index contributed by atoms with van der Waals surface area (Å²) < 4.78 is 27.4. The Kier molecular flexibility index (Phi) is 7.17. The number of aliphatic hydroxyl groups is 1. The minimum Gasteiger partial charge on any atom is -0.466 e. The van der Waals surface area contributed by atoms with Gasteiger partial charge in [0.15, 0.2) is 17.8 Å². The number of esters is 4. The van der Waals surface area contributed by atoms with Crippen molar-refractivity contribution < 1.29 is 48.0 Å². The second-order valence-corrected chi connectivity index (χ2v) is 9.78. The lowest BCUT2D eigenvalue weighted by atomic mass is 9.80. The smallest absolute Gasteiger partial charge is 0.339 e. The van der Waals surface area contributed by atoms with Crippen molar-refractivity contribution >= 4 is 35.5 Å². The van der Waals surface area contributed by atoms with Crippen molar-refractivity contribution in [2.75, 3.05) is 7.11 Å². The first-order valence-corrected chi connectivity index (χ1v) is 11.3. The minimum absolute atomic E-state index is 0.0545. The number of alkyl halides is 1. The van der Waals surface area contributed by atoms with E-state index in [2.05, 4.69) is 6.58 Å². The van der Waals surface area contributed by atoms with Crippen LogP contribution in [0.4, 0.5) is 0 Å². The zero-order valence-electron chi connectivity index (χ0n) is 19.7. The molecule has 1 aliphatic carbocycles. The highest BCUT2D eigenvalue weighted by Crippen LogP contribution is 2.50. The van der Waals surface area contributed by atoms with Crippen LogP contribution in [0.15, 0.2) is 23.8 Å². The summed E-state index contributed by atoms with van der Waals surface area (Å²) in [5.74, 6) is -4.55. The SMILES string of the molecule is C=C1C(=O)O[C@H]2[C@H]1[C@H](OC(=O)[C@](C)(O)[C@H](C)Cl)[C@@H](OC(C)=O)/C(C(=O)OC)=C\CC[C@@]1(C)O[C@@H]21. The van der Waals surface area contributed by atoms with E-state index >= 15 is 0 Å². The molecule has 2 heterocycles. The molecule has 0 amide bonds. The van der Waals surface area contributed by atoms with Gasteiger partial charge in [-0.25, -0.2) is 14.4 Å². The van der Waals surface area contributed by atoms with Gasteiger partial charge in [0, 0.05) is 12.5 Å². The summed E-state index contributed by atoms with van der Waals surface area (Å²) in [6, 6.07) is 0. The fourth-order valence-electron chi connectivity index (χ4n) is 4.28. The number of halogens is 1. The number of hydrogen-bond acceptors (Lipinski definition) is 10. The highest BCUT2D eigenvalue weighted by molar-refractivity contribution is 6.22. The van der Waals surface area contributed by atoms with Crippen molar-refractivity contribution in [2.45, 2.75) is 81.5 Å². The Morgan fingerprint density at radius 3 is 2.56 bits per heavy atom. The van der Waals surface area contributed by atoms with Crippen LogP contribution in [0.1, 0.15) is 40.5 Å². The number of fused-ring (bicyclic) bond motifs is 3. The van der Waals surface area contributed by atoms with Crippen molar-refractivity contribution in [3.05, 3.63) is 23.8 Å². The average molecular weight is 501 g/mol. The average Bonchev–Trinajstić information content (AvgIpc) is 3.34. The number of hydrogen-bond donors (Lipinski definition) is 1. The molecule has 0 radical (unpaired) electrons. The van der Waals surface area contributed by atoms with Gasteiger partial charge in [0.05, 0.1) is 29.6 Å². The van der Waals surface area contributed by atoms with Gasteiger partial charge < -0.3 is 28.8 Å². The summed E-state index contributed by atoms with van der Waals surface area (Å²) in [7, 11) is 1.15. The highest BCUT2D eigenvalue weighted by Gasteiger charge is 2.65. The van der Waals surface area contributed by atoms with Crippen LogP contribution in [0.25, 0.3) is 0 Å². The molecule has 2 fully saturated rings. The molecule has 0 unspecified atom stereocenters. The predicted molar refractivity (Wildman–Crippen MR) is 116 cm³/mol. The lowest BCUT2D eigenvalue weighted by molar-refractivity contribution is -0.184. The molecule has 3 aliphatic rings. The van der Waals surface area contributed by atoms with E-state index in [0.29, 0.717) is 12.8 Å².